The molecule has 0 aliphatic carbocycles. The van der Waals surface area contributed by atoms with Crippen molar-refractivity contribution < 1.29 is 48.3 Å². The van der Waals surface area contributed by atoms with Crippen LogP contribution in [0.1, 0.15) is 180 Å². The molecule has 0 aromatic carbocycles. The van der Waals surface area contributed by atoms with Crippen molar-refractivity contribution in [3.63, 3.8) is 0 Å². The molecule has 0 rings (SSSR count). The van der Waals surface area contributed by atoms with Gasteiger partial charge in [0.2, 0.25) is 0 Å². The number of amides is 2. The number of unbranched alkanes of at least 4 members (excludes halogenated alkanes) is 13. The molecule has 2 amide bonds. The van der Waals surface area contributed by atoms with E-state index in [0.29, 0.717) is 70.4 Å². The molecule has 0 aliphatic rings. The van der Waals surface area contributed by atoms with Crippen molar-refractivity contribution in [3.8, 4) is 0 Å². The Morgan fingerprint density at radius 3 is 1.18 bits per heavy atom. The van der Waals surface area contributed by atoms with Crippen LogP contribution in [0.3, 0.4) is 0 Å². The molecule has 0 saturated heterocycles. The number of rotatable bonds is 47. The molecule has 66 heavy (non-hydrogen) atoms. The molecule has 2 unspecified atom stereocenters. The second-order valence-electron chi connectivity index (χ2n) is 16.8. The second kappa shape index (κ2) is 50.3. The summed E-state index contributed by atoms with van der Waals surface area (Å²) in [5, 5.41) is 23.2. The summed E-state index contributed by atoms with van der Waals surface area (Å²) in [6.45, 7) is 10.9. The molecule has 0 aromatic heterocycles. The predicted octanol–water partition coefficient (Wildman–Crippen LogP) is 12.3. The van der Waals surface area contributed by atoms with Crippen molar-refractivity contribution in [2.24, 2.45) is 11.8 Å². The highest BCUT2D eigenvalue weighted by atomic mass is 16.6. The van der Waals surface area contributed by atoms with Crippen molar-refractivity contribution in [3.05, 3.63) is 73.9 Å². The van der Waals surface area contributed by atoms with Crippen LogP contribution in [0.25, 0.3) is 0 Å². The fraction of sp³-hybridized carbons (Fsp3) is 0.704. The normalized spacial score (nSPS) is 12.5. The lowest BCUT2D eigenvalue weighted by molar-refractivity contribution is -0.144. The number of esters is 2. The molecule has 12 nitrogen and oxygen atoms in total. The summed E-state index contributed by atoms with van der Waals surface area (Å²) in [4.78, 5) is 48.1. The number of aliphatic hydroxyl groups is 2. The number of alkyl carbamates (subject to hydrolysis) is 2. The summed E-state index contributed by atoms with van der Waals surface area (Å²) in [5.41, 5.74) is 0. The lowest BCUT2D eigenvalue weighted by Gasteiger charge is -2.11. The third-order valence-corrected chi connectivity index (χ3v) is 10.9. The van der Waals surface area contributed by atoms with Crippen LogP contribution >= 0.6 is 0 Å². The van der Waals surface area contributed by atoms with E-state index >= 15 is 0 Å². The highest BCUT2D eigenvalue weighted by Crippen LogP contribution is 2.16. The first-order valence-electron chi connectivity index (χ1n) is 25.5. The lowest BCUT2D eigenvalue weighted by atomic mass is 9.99. The van der Waals surface area contributed by atoms with E-state index in [4.69, 9.17) is 29.2 Å². The van der Waals surface area contributed by atoms with E-state index in [9.17, 15) is 19.2 Å². The maximum Gasteiger partial charge on any atom is 0.407 e. The Morgan fingerprint density at radius 1 is 0.409 bits per heavy atom. The first-order chi connectivity index (χ1) is 32.4. The number of nitrogens with one attached hydrogen (secondary N) is 2. The van der Waals surface area contributed by atoms with Crippen molar-refractivity contribution in [2.45, 2.75) is 180 Å². The third kappa shape index (κ3) is 46.4. The predicted molar refractivity (Wildman–Crippen MR) is 268 cm³/mol. The van der Waals surface area contributed by atoms with Gasteiger partial charge in [0.1, 0.15) is 0 Å². The van der Waals surface area contributed by atoms with Gasteiger partial charge in [-0.05, 0) is 140 Å². The smallest absolute Gasteiger partial charge is 0.407 e. The van der Waals surface area contributed by atoms with Gasteiger partial charge in [0, 0.05) is 39.1 Å². The monoisotopic (exact) mass is 929 g/mol. The Hall–Kier alpha value is -4.16. The Labute approximate surface area is 400 Å². The maximum absolute atomic E-state index is 12.1. The minimum Gasteiger partial charge on any atom is -0.466 e. The molecule has 2 atom stereocenters. The summed E-state index contributed by atoms with van der Waals surface area (Å²) in [7, 11) is 0. The fourth-order valence-corrected chi connectivity index (χ4v) is 6.79. The van der Waals surface area contributed by atoms with Gasteiger partial charge in [0.15, 0.2) is 0 Å². The van der Waals surface area contributed by atoms with Crippen LogP contribution in [0.15, 0.2) is 73.9 Å². The maximum atomic E-state index is 12.1. The highest BCUT2D eigenvalue weighted by Gasteiger charge is 2.08. The van der Waals surface area contributed by atoms with E-state index < -0.39 is 6.09 Å². The molecule has 0 spiro atoms. The van der Waals surface area contributed by atoms with Gasteiger partial charge in [0.05, 0.1) is 26.4 Å². The van der Waals surface area contributed by atoms with Crippen molar-refractivity contribution in [1.29, 1.82) is 0 Å². The fourth-order valence-electron chi connectivity index (χ4n) is 6.79. The van der Waals surface area contributed by atoms with Crippen molar-refractivity contribution >= 4 is 24.1 Å². The first kappa shape index (κ1) is 61.8. The molecule has 0 radical (unpaired) electrons. The molecule has 4 N–H and O–H groups in total. The van der Waals surface area contributed by atoms with E-state index in [1.165, 1.54) is 0 Å². The summed E-state index contributed by atoms with van der Waals surface area (Å²) in [6, 6.07) is 0. The SMILES string of the molecule is C=CC(C/C=C/CC/C=C\CCCO)CCCOC(=O)CCCCCCCNC(=O)OCCCCOC(=O)CCCCCCCNC(=O)OCCCC(C=C)C/C=C/CC/C=C\CCCO. The number of hydrogen-bond acceptors (Lipinski definition) is 10. The molecular formula is C54H92N2O10. The van der Waals surface area contributed by atoms with Gasteiger partial charge in [-0.25, -0.2) is 9.59 Å². The molecule has 0 aromatic rings. The topological polar surface area (TPSA) is 170 Å². The number of allylic oxidation sites excluding steroid dienone is 10. The zero-order valence-electron chi connectivity index (χ0n) is 41.0. The van der Waals surface area contributed by atoms with Gasteiger partial charge >= 0.3 is 24.1 Å². The average molecular weight is 929 g/mol. The number of hydrogen-bond donors (Lipinski definition) is 4. The Bertz CT molecular complexity index is 1220. The summed E-state index contributed by atoms with van der Waals surface area (Å²) in [5.74, 6) is 0.398. The van der Waals surface area contributed by atoms with Crippen LogP contribution < -0.4 is 10.6 Å². The molecule has 12 heteroatoms. The number of ether oxygens (including phenoxy) is 4. The third-order valence-electron chi connectivity index (χ3n) is 10.9. The van der Waals surface area contributed by atoms with Crippen LogP contribution in [-0.2, 0) is 28.5 Å². The minimum atomic E-state index is -0.439. The van der Waals surface area contributed by atoms with Gasteiger partial charge in [-0.2, -0.15) is 0 Å². The van der Waals surface area contributed by atoms with Gasteiger partial charge in [0.25, 0.3) is 0 Å². The van der Waals surface area contributed by atoms with Gasteiger partial charge in [-0.15, -0.1) is 13.2 Å². The van der Waals surface area contributed by atoms with Crippen LogP contribution in [0.2, 0.25) is 0 Å². The van der Waals surface area contributed by atoms with Crippen molar-refractivity contribution in [1.82, 2.24) is 10.6 Å². The molecule has 0 aliphatic heterocycles. The molecule has 0 bridgehead atoms. The van der Waals surface area contributed by atoms with E-state index in [1.54, 1.807) is 0 Å². The second-order valence-corrected chi connectivity index (χ2v) is 16.8. The van der Waals surface area contributed by atoms with E-state index in [-0.39, 0.29) is 37.9 Å². The summed E-state index contributed by atoms with van der Waals surface area (Å²) >= 11 is 0. The van der Waals surface area contributed by atoms with Gasteiger partial charge in [-0.3, -0.25) is 9.59 Å². The Balaban J connectivity index is 3.58. The number of aliphatic hydroxyl groups excluding tert-OH is 2. The van der Waals surface area contributed by atoms with Crippen LogP contribution in [0, 0.1) is 11.8 Å². The standard InChI is InChI=1S/C54H92N2O10/c1-3-49(35-23-15-9-5-7-11-21-29-43-57)37-33-47-64-52(60)40-26-18-14-19-27-41-55-53(61)65-46-32-31-45-63-51(59)39-25-17-13-20-28-42-56-54(62)66-48-34-38-50(4-2)36-24-16-10-6-8-12-22-30-44-58/h3-4,7-8,11-12,15-16,23-24,49-50,57-58H,1-2,5-6,9-10,13-14,17-22,25-48H2,(H,55,61)(H,56,62)/b11-7-,12-8-,23-15+,24-16+. The van der Waals surface area contributed by atoms with Gasteiger partial charge < -0.3 is 39.8 Å². The van der Waals surface area contributed by atoms with Crippen LogP contribution in [-0.4, -0.2) is 87.1 Å². The molecule has 0 heterocycles. The molecule has 378 valence electrons. The minimum absolute atomic E-state index is 0.141. The summed E-state index contributed by atoms with van der Waals surface area (Å²) < 4.78 is 21.3. The molecule has 0 fully saturated rings. The molecular weight excluding hydrogens is 837 g/mol. The van der Waals surface area contributed by atoms with E-state index in [2.05, 4.69) is 72.4 Å². The van der Waals surface area contributed by atoms with Crippen molar-refractivity contribution in [2.75, 3.05) is 52.7 Å². The van der Waals surface area contributed by atoms with E-state index in [1.807, 2.05) is 12.2 Å². The first-order valence-corrected chi connectivity index (χ1v) is 25.5. The highest BCUT2D eigenvalue weighted by molar-refractivity contribution is 5.69. The Morgan fingerprint density at radius 2 is 0.758 bits per heavy atom. The van der Waals surface area contributed by atoms with Gasteiger partial charge in [-0.1, -0.05) is 99.3 Å². The number of carbonyl (C=O) groups excluding carboxylic acids is 4. The molecule has 0 saturated carbocycles. The van der Waals surface area contributed by atoms with Crippen LogP contribution in [0.5, 0.6) is 0 Å². The lowest BCUT2D eigenvalue weighted by Crippen LogP contribution is -2.25. The number of carbonyl (C=O) groups is 4. The van der Waals surface area contributed by atoms with Crippen LogP contribution in [0.4, 0.5) is 9.59 Å². The largest absolute Gasteiger partial charge is 0.466 e. The quantitative estimate of drug-likeness (QED) is 0.0199. The summed E-state index contributed by atoms with van der Waals surface area (Å²) in [6.07, 6.45) is 44.5. The average Bonchev–Trinajstić information content (AvgIpc) is 3.31. The zero-order valence-corrected chi connectivity index (χ0v) is 41.0. The Kier molecular flexibility index (Phi) is 47.1. The zero-order chi connectivity index (χ0) is 48.2. The van der Waals surface area contributed by atoms with E-state index in [0.717, 1.165) is 154 Å².